The molecule has 0 bridgehead atoms. The average molecular weight is 376 g/mol. The highest BCUT2D eigenvalue weighted by molar-refractivity contribution is 6.11. The molecule has 0 aliphatic carbocycles. The molecule has 140 valence electrons. The summed E-state index contributed by atoms with van der Waals surface area (Å²) in [5, 5.41) is 1.32. The summed E-state index contributed by atoms with van der Waals surface area (Å²) in [5.74, 6) is -2.07. The number of hydrogen-bond donors (Lipinski definition) is 0. The summed E-state index contributed by atoms with van der Waals surface area (Å²) in [6.07, 6.45) is 0. The first-order valence-electron chi connectivity index (χ1n) is 12.1. The lowest BCUT2D eigenvalue weighted by molar-refractivity contribution is -0.666. The van der Waals surface area contributed by atoms with Gasteiger partial charge in [0.1, 0.15) is 18.2 Å². The van der Waals surface area contributed by atoms with E-state index in [9.17, 15) is 0 Å². The molecule has 0 N–H and O–H groups in total. The number of aryl methyl sites for hydroxylation is 1. The van der Waals surface area contributed by atoms with E-state index in [1.54, 1.807) is 24.6 Å². The van der Waals surface area contributed by atoms with Crippen LogP contribution in [-0.4, -0.2) is 0 Å². The Hall–Kier alpha value is -3.12. The molecule has 0 saturated heterocycles. The van der Waals surface area contributed by atoms with Crippen LogP contribution in [0.5, 0.6) is 0 Å². The minimum absolute atomic E-state index is 0.0316. The number of furan rings is 1. The van der Waals surface area contributed by atoms with Crippen LogP contribution in [0.4, 0.5) is 5.69 Å². The fourth-order valence-corrected chi connectivity index (χ4v) is 3.79. The van der Waals surface area contributed by atoms with Crippen LogP contribution < -0.4 is 4.57 Å². The highest BCUT2D eigenvalue weighted by atomic mass is 16.3. The summed E-state index contributed by atoms with van der Waals surface area (Å²) in [7, 11) is 1.80. The van der Waals surface area contributed by atoms with Gasteiger partial charge in [-0.15, -0.1) is 0 Å². The van der Waals surface area contributed by atoms with Crippen LogP contribution >= 0.6 is 0 Å². The topological polar surface area (TPSA) is 21.4 Å². The molecule has 0 radical (unpaired) electrons. The van der Waals surface area contributed by atoms with Crippen LogP contribution in [-0.2, 0) is 7.05 Å². The number of benzene rings is 2. The zero-order valence-corrected chi connectivity index (χ0v) is 16.6. The minimum atomic E-state index is -2.68. The third kappa shape index (κ3) is 2.60. The predicted octanol–water partition coefficient (Wildman–Crippen LogP) is 6.68. The van der Waals surface area contributed by atoms with E-state index >= 15 is 0 Å². The van der Waals surface area contributed by atoms with E-state index in [0.717, 1.165) is 5.56 Å². The van der Waals surface area contributed by atoms with Gasteiger partial charge in [0.25, 0.3) is 0 Å². The van der Waals surface area contributed by atoms with E-state index in [2.05, 4.69) is 4.85 Å². The largest absolute Gasteiger partial charge is 0.456 e. The van der Waals surface area contributed by atoms with Crippen molar-refractivity contribution in [1.82, 2.24) is 0 Å². The second-order valence-corrected chi connectivity index (χ2v) is 7.18. The first-order valence-corrected chi connectivity index (χ1v) is 9.07. The Bertz CT molecular complexity index is 1510. The van der Waals surface area contributed by atoms with Gasteiger partial charge in [-0.25, -0.2) is 4.85 Å². The van der Waals surface area contributed by atoms with Crippen LogP contribution in [0.1, 0.15) is 50.3 Å². The number of rotatable bonds is 2. The van der Waals surface area contributed by atoms with Gasteiger partial charge in [-0.3, -0.25) is 0 Å². The van der Waals surface area contributed by atoms with Gasteiger partial charge >= 0.3 is 0 Å². The Morgan fingerprint density at radius 2 is 1.86 bits per heavy atom. The summed E-state index contributed by atoms with van der Waals surface area (Å²) >= 11 is 0. The quantitative estimate of drug-likeness (QED) is 0.283. The number of nitrogens with zero attached hydrogens (tertiary/aromatic N) is 2. The standard InChI is InChI=1S/C25H25N2O/c1-14(2)22-20(26-6)11-10-19-18-9-8-16(4)23(25(18)28-24(19)22)21-13-15(3)12-17(5)27(21)7/h8-14H,1-5,7H3/q+1/i1D3,12D,13D,14D. The van der Waals surface area contributed by atoms with E-state index < -0.39 is 12.7 Å². The second kappa shape index (κ2) is 6.49. The van der Waals surface area contributed by atoms with Gasteiger partial charge in [0.05, 0.1) is 14.9 Å². The molecule has 1 atom stereocenters. The molecular formula is C25H25N2O+. The Morgan fingerprint density at radius 3 is 2.57 bits per heavy atom. The fraction of sp³-hybridized carbons (Fsp3) is 0.280. The molecule has 2 heterocycles. The van der Waals surface area contributed by atoms with Crippen molar-refractivity contribution in [3.8, 4) is 11.3 Å². The summed E-state index contributed by atoms with van der Waals surface area (Å²) < 4.78 is 57.8. The van der Waals surface area contributed by atoms with Crippen molar-refractivity contribution in [3.63, 3.8) is 0 Å². The van der Waals surface area contributed by atoms with Gasteiger partial charge in [0.15, 0.2) is 11.4 Å². The van der Waals surface area contributed by atoms with Crippen molar-refractivity contribution in [2.75, 3.05) is 0 Å². The van der Waals surface area contributed by atoms with Crippen molar-refractivity contribution < 1.29 is 17.2 Å². The van der Waals surface area contributed by atoms with Gasteiger partial charge in [-0.2, -0.15) is 4.57 Å². The van der Waals surface area contributed by atoms with Crippen molar-refractivity contribution in [2.45, 2.75) is 40.4 Å². The lowest BCUT2D eigenvalue weighted by atomic mass is 9.96. The first kappa shape index (κ1) is 12.4. The molecule has 28 heavy (non-hydrogen) atoms. The molecule has 3 nitrogen and oxygen atoms in total. The van der Waals surface area contributed by atoms with Gasteiger partial charge in [-0.1, -0.05) is 38.0 Å². The zero-order valence-electron chi connectivity index (χ0n) is 22.6. The van der Waals surface area contributed by atoms with Crippen molar-refractivity contribution in [2.24, 2.45) is 7.05 Å². The Kier molecular flexibility index (Phi) is 2.87. The summed E-state index contributed by atoms with van der Waals surface area (Å²) in [4.78, 5) is 3.49. The predicted molar refractivity (Wildman–Crippen MR) is 115 cm³/mol. The lowest BCUT2D eigenvalue weighted by Crippen LogP contribution is -2.35. The molecule has 2 aromatic heterocycles. The SMILES string of the molecule is [2H]c1c(C)c([2H])c(-c2c(C)ccc3c2oc2c(C([2H])(C)C([2H])([2H])[2H])c([N+]#[C-])ccc23)[n+](C)c1C. The first-order chi connectivity index (χ1) is 15.7. The average Bonchev–Trinajstić information content (AvgIpc) is 3.14. The monoisotopic (exact) mass is 375 g/mol. The molecule has 2 aromatic carbocycles. The summed E-state index contributed by atoms with van der Waals surface area (Å²) in [5.41, 5.74) is 4.11. The molecule has 1 unspecified atom stereocenters. The minimum Gasteiger partial charge on any atom is -0.456 e. The van der Waals surface area contributed by atoms with E-state index in [0.29, 0.717) is 44.9 Å². The van der Waals surface area contributed by atoms with E-state index in [1.165, 1.54) is 13.0 Å². The number of pyridine rings is 1. The third-order valence-corrected chi connectivity index (χ3v) is 5.24. The molecule has 0 aliphatic rings. The number of fused-ring (bicyclic) bond motifs is 3. The normalized spacial score (nSPS) is 17.1. The lowest BCUT2D eigenvalue weighted by Gasteiger charge is -2.08. The molecule has 0 aliphatic heterocycles. The van der Waals surface area contributed by atoms with Crippen LogP contribution in [0.25, 0.3) is 38.0 Å². The van der Waals surface area contributed by atoms with E-state index in [4.69, 9.17) is 19.2 Å². The molecule has 0 amide bonds. The van der Waals surface area contributed by atoms with E-state index in [1.807, 2.05) is 26.0 Å². The number of hydrogen-bond acceptors (Lipinski definition) is 1. The molecule has 0 spiro atoms. The maximum Gasteiger partial charge on any atom is 0.216 e. The maximum atomic E-state index is 8.78. The van der Waals surface area contributed by atoms with E-state index in [-0.39, 0.29) is 22.9 Å². The van der Waals surface area contributed by atoms with Gasteiger partial charge < -0.3 is 4.42 Å². The maximum absolute atomic E-state index is 8.78. The molecule has 4 aromatic rings. The van der Waals surface area contributed by atoms with Crippen LogP contribution in [0, 0.1) is 27.3 Å². The van der Waals surface area contributed by atoms with Gasteiger partial charge in [-0.05, 0) is 30.9 Å². The summed E-state index contributed by atoms with van der Waals surface area (Å²) in [6, 6.07) is 7.56. The Labute approximate surface area is 174 Å². The summed E-state index contributed by atoms with van der Waals surface area (Å²) in [6.45, 7) is 11.7. The van der Waals surface area contributed by atoms with Crippen molar-refractivity contribution in [3.05, 3.63) is 70.2 Å². The Morgan fingerprint density at radius 1 is 1.14 bits per heavy atom. The van der Waals surface area contributed by atoms with Gasteiger partial charge in [0, 0.05) is 40.8 Å². The molecule has 0 saturated carbocycles. The molecule has 4 rings (SSSR count). The molecule has 0 fully saturated rings. The van der Waals surface area contributed by atoms with Gasteiger partial charge in [0.2, 0.25) is 5.69 Å². The Balaban J connectivity index is 2.22. The van der Waals surface area contributed by atoms with Crippen molar-refractivity contribution in [1.29, 1.82) is 0 Å². The highest BCUT2D eigenvalue weighted by Gasteiger charge is 2.24. The smallest absolute Gasteiger partial charge is 0.216 e. The van der Waals surface area contributed by atoms with Crippen LogP contribution in [0.2, 0.25) is 0 Å². The highest BCUT2D eigenvalue weighted by Crippen LogP contribution is 2.42. The number of aromatic nitrogens is 1. The van der Waals surface area contributed by atoms with Crippen LogP contribution in [0.15, 0.2) is 40.8 Å². The zero-order chi connectivity index (χ0) is 25.3. The molecular weight excluding hydrogens is 344 g/mol. The molecule has 3 heteroatoms. The second-order valence-electron chi connectivity index (χ2n) is 7.18. The van der Waals surface area contributed by atoms with Crippen molar-refractivity contribution >= 4 is 27.6 Å². The van der Waals surface area contributed by atoms with Crippen LogP contribution in [0.3, 0.4) is 0 Å². The third-order valence-electron chi connectivity index (χ3n) is 5.24. The fourth-order valence-electron chi connectivity index (χ4n) is 3.79.